The summed E-state index contributed by atoms with van der Waals surface area (Å²) in [6.07, 6.45) is 2.31. The third-order valence-electron chi connectivity index (χ3n) is 7.27. The smallest absolute Gasteiger partial charge is 0.355 e. The van der Waals surface area contributed by atoms with E-state index in [-0.39, 0.29) is 61.7 Å². The normalized spacial score (nSPS) is 15.9. The van der Waals surface area contributed by atoms with Crippen LogP contribution in [0.5, 0.6) is 0 Å². The minimum Gasteiger partial charge on any atom is -0.382 e. The van der Waals surface area contributed by atoms with E-state index >= 15 is 4.39 Å². The molecule has 2 N–H and O–H groups in total. The number of pyridine rings is 1. The highest BCUT2D eigenvalue weighted by Gasteiger charge is 2.31. The van der Waals surface area contributed by atoms with E-state index < -0.39 is 21.3 Å². The molecule has 42 heavy (non-hydrogen) atoms. The summed E-state index contributed by atoms with van der Waals surface area (Å²) in [5.74, 6) is -0.850. The van der Waals surface area contributed by atoms with Crippen molar-refractivity contribution in [3.05, 3.63) is 64.3 Å². The van der Waals surface area contributed by atoms with E-state index in [0.29, 0.717) is 25.2 Å². The number of benzene rings is 1. The number of nitrogens with zero attached hydrogens (tertiary/aromatic N) is 6. The number of rotatable bonds is 6. The molecule has 11 nitrogen and oxygen atoms in total. The second-order valence-electron chi connectivity index (χ2n) is 10.5. The van der Waals surface area contributed by atoms with E-state index in [4.69, 9.17) is 5.73 Å². The van der Waals surface area contributed by atoms with Gasteiger partial charge in [0, 0.05) is 31.9 Å². The maximum absolute atomic E-state index is 15.8. The summed E-state index contributed by atoms with van der Waals surface area (Å²) in [5.41, 5.74) is 7.27. The molecule has 1 fully saturated rings. The molecule has 5 rings (SSSR count). The maximum atomic E-state index is 15.8. The lowest BCUT2D eigenvalue weighted by Gasteiger charge is -2.40. The molecule has 1 saturated heterocycles. The van der Waals surface area contributed by atoms with Crippen molar-refractivity contribution in [2.75, 3.05) is 36.5 Å². The average molecular weight is 612 g/mol. The lowest BCUT2D eigenvalue weighted by atomic mass is 10.0. The monoisotopic (exact) mass is 611 g/mol. The summed E-state index contributed by atoms with van der Waals surface area (Å²) in [6.45, 7) is 10.2. The standard InChI is InChI=1S/C28H30FN7O4S2/c1-6-21(37)34-10-11-35(16(4)13-34)26-18-12-19(29)22(24-25(30)31-14-41-24)32-27(18)36(28(38)33-26)23-17(15(2)3)8-7-9-20(23)42(5,39)40/h6-9,12,14-16H,1,10-11,13,30H2,2-5H3/t16-/m0/s1. The number of aromatic nitrogens is 4. The van der Waals surface area contributed by atoms with E-state index in [1.807, 2.05) is 25.7 Å². The van der Waals surface area contributed by atoms with Gasteiger partial charge in [-0.05, 0) is 36.6 Å². The number of carbonyl (C=O) groups is 1. The first kappa shape index (κ1) is 29.3. The zero-order valence-corrected chi connectivity index (χ0v) is 25.2. The Morgan fingerprint density at radius 1 is 1.26 bits per heavy atom. The van der Waals surface area contributed by atoms with Gasteiger partial charge >= 0.3 is 5.69 Å². The van der Waals surface area contributed by atoms with Gasteiger partial charge in [-0.25, -0.2) is 32.1 Å². The summed E-state index contributed by atoms with van der Waals surface area (Å²) in [4.78, 5) is 42.9. The number of fused-ring (bicyclic) bond motifs is 1. The van der Waals surface area contributed by atoms with Crippen molar-refractivity contribution in [3.8, 4) is 16.3 Å². The predicted molar refractivity (Wildman–Crippen MR) is 161 cm³/mol. The summed E-state index contributed by atoms with van der Waals surface area (Å²) >= 11 is 1.09. The van der Waals surface area contributed by atoms with Gasteiger partial charge < -0.3 is 15.5 Å². The van der Waals surface area contributed by atoms with Crippen LogP contribution in [0.3, 0.4) is 0 Å². The largest absolute Gasteiger partial charge is 0.382 e. The number of nitrogens with two attached hydrogens (primary N) is 1. The number of anilines is 2. The molecular weight excluding hydrogens is 581 g/mol. The van der Waals surface area contributed by atoms with Crippen LogP contribution in [0.15, 0.2) is 52.1 Å². The van der Waals surface area contributed by atoms with E-state index in [0.717, 1.165) is 22.2 Å². The summed E-state index contributed by atoms with van der Waals surface area (Å²) in [6, 6.07) is 5.73. The fraction of sp³-hybridized carbons (Fsp3) is 0.321. The Kier molecular flexibility index (Phi) is 7.62. The van der Waals surface area contributed by atoms with Crippen molar-refractivity contribution in [1.82, 2.24) is 24.4 Å². The molecule has 0 saturated carbocycles. The molecule has 0 spiro atoms. The van der Waals surface area contributed by atoms with Crippen LogP contribution in [-0.4, -0.2) is 70.7 Å². The molecule has 1 atom stereocenters. The lowest BCUT2D eigenvalue weighted by molar-refractivity contribution is -0.126. The number of amides is 1. The molecule has 3 aromatic heterocycles. The molecule has 220 valence electrons. The number of para-hydroxylation sites is 1. The fourth-order valence-electron chi connectivity index (χ4n) is 5.26. The first-order chi connectivity index (χ1) is 19.8. The highest BCUT2D eigenvalue weighted by atomic mass is 32.2. The molecule has 0 radical (unpaired) electrons. The van der Waals surface area contributed by atoms with Gasteiger partial charge in [-0.15, -0.1) is 11.3 Å². The molecule has 1 amide bonds. The van der Waals surface area contributed by atoms with Gasteiger partial charge in [0.2, 0.25) is 5.91 Å². The van der Waals surface area contributed by atoms with Crippen LogP contribution >= 0.6 is 11.3 Å². The highest BCUT2D eigenvalue weighted by molar-refractivity contribution is 7.90. The molecule has 4 heterocycles. The van der Waals surface area contributed by atoms with Crippen molar-refractivity contribution in [2.45, 2.75) is 37.6 Å². The lowest BCUT2D eigenvalue weighted by Crippen LogP contribution is -2.54. The molecule has 14 heteroatoms. The second-order valence-corrected chi connectivity index (χ2v) is 13.3. The van der Waals surface area contributed by atoms with Crippen LogP contribution < -0.4 is 16.3 Å². The van der Waals surface area contributed by atoms with Crippen molar-refractivity contribution >= 4 is 49.8 Å². The van der Waals surface area contributed by atoms with Crippen LogP contribution in [0, 0.1) is 5.82 Å². The number of hydrogen-bond donors (Lipinski definition) is 1. The first-order valence-corrected chi connectivity index (χ1v) is 15.9. The van der Waals surface area contributed by atoms with E-state index in [9.17, 15) is 18.0 Å². The van der Waals surface area contributed by atoms with Gasteiger partial charge in [0.1, 0.15) is 17.3 Å². The molecule has 4 aromatic rings. The van der Waals surface area contributed by atoms with Gasteiger partial charge in [0.15, 0.2) is 21.3 Å². The second kappa shape index (κ2) is 10.9. The molecule has 0 bridgehead atoms. The van der Waals surface area contributed by atoms with Gasteiger partial charge in [0.05, 0.1) is 26.4 Å². The summed E-state index contributed by atoms with van der Waals surface area (Å²) in [7, 11) is -3.82. The Bertz CT molecular complexity index is 1900. The minimum atomic E-state index is -3.82. The zero-order valence-electron chi connectivity index (χ0n) is 23.5. The van der Waals surface area contributed by atoms with Gasteiger partial charge in [-0.2, -0.15) is 4.98 Å². The van der Waals surface area contributed by atoms with Crippen molar-refractivity contribution in [3.63, 3.8) is 0 Å². The molecule has 1 aliphatic rings. The predicted octanol–water partition coefficient (Wildman–Crippen LogP) is 3.38. The van der Waals surface area contributed by atoms with Gasteiger partial charge in [-0.3, -0.25) is 4.79 Å². The number of halogens is 1. The third-order valence-corrected chi connectivity index (χ3v) is 9.25. The van der Waals surface area contributed by atoms with Crippen molar-refractivity contribution in [1.29, 1.82) is 0 Å². The SMILES string of the molecule is C=CC(=O)N1CCN(c2nc(=O)n(-c3c(C(C)C)cccc3S(C)(=O)=O)c3nc(-c4scnc4N)c(F)cc23)[C@@H](C)C1. The van der Waals surface area contributed by atoms with Gasteiger partial charge in [0.25, 0.3) is 0 Å². The Morgan fingerprint density at radius 3 is 2.60 bits per heavy atom. The fourth-order valence-corrected chi connectivity index (χ4v) is 6.85. The van der Waals surface area contributed by atoms with E-state index in [1.165, 1.54) is 23.7 Å². The van der Waals surface area contributed by atoms with Crippen LogP contribution in [0.4, 0.5) is 16.0 Å². The number of sulfone groups is 1. The minimum absolute atomic E-state index is 0.0176. The molecule has 1 aliphatic heterocycles. The number of piperazine rings is 1. The topological polar surface area (TPSA) is 144 Å². The summed E-state index contributed by atoms with van der Waals surface area (Å²) in [5, 5.41) is 0.201. The van der Waals surface area contributed by atoms with Crippen LogP contribution in [-0.2, 0) is 14.6 Å². The average Bonchev–Trinajstić information content (AvgIpc) is 3.36. The van der Waals surface area contributed by atoms with Crippen LogP contribution in [0.1, 0.15) is 32.3 Å². The number of hydrogen-bond acceptors (Lipinski definition) is 10. The molecular formula is C28H30FN7O4S2. The van der Waals surface area contributed by atoms with Crippen molar-refractivity contribution < 1.29 is 17.6 Å². The maximum Gasteiger partial charge on any atom is 0.355 e. The van der Waals surface area contributed by atoms with Crippen LogP contribution in [0.25, 0.3) is 27.3 Å². The number of carbonyl (C=O) groups excluding carboxylic acids is 1. The summed E-state index contributed by atoms with van der Waals surface area (Å²) < 4.78 is 42.9. The Labute approximate surface area is 246 Å². The van der Waals surface area contributed by atoms with Gasteiger partial charge in [-0.1, -0.05) is 32.6 Å². The highest BCUT2D eigenvalue weighted by Crippen LogP contribution is 2.37. The van der Waals surface area contributed by atoms with Crippen LogP contribution in [0.2, 0.25) is 0 Å². The number of thiazole rings is 1. The third kappa shape index (κ3) is 5.04. The van der Waals surface area contributed by atoms with E-state index in [2.05, 4.69) is 21.5 Å². The molecule has 0 aliphatic carbocycles. The Hall–Kier alpha value is -4.17. The Balaban J connectivity index is 1.87. The Morgan fingerprint density at radius 2 is 2.00 bits per heavy atom. The molecule has 0 unspecified atom stereocenters. The first-order valence-electron chi connectivity index (χ1n) is 13.2. The number of nitrogen functional groups attached to an aromatic ring is 1. The quantitative estimate of drug-likeness (QED) is 0.325. The van der Waals surface area contributed by atoms with Crippen molar-refractivity contribution in [2.24, 2.45) is 0 Å². The molecule has 1 aromatic carbocycles. The van der Waals surface area contributed by atoms with E-state index in [1.54, 1.807) is 17.0 Å². The zero-order chi connectivity index (χ0) is 30.5.